The summed E-state index contributed by atoms with van der Waals surface area (Å²) in [6.07, 6.45) is 12.8. The highest BCUT2D eigenvalue weighted by Gasteiger charge is 2.48. The molecule has 0 radical (unpaired) electrons. The van der Waals surface area contributed by atoms with Crippen LogP contribution in [0, 0.1) is 37.1 Å². The Labute approximate surface area is 392 Å². The molecule has 0 aromatic heterocycles. The Morgan fingerprint density at radius 2 is 1.16 bits per heavy atom. The van der Waals surface area contributed by atoms with Gasteiger partial charge in [-0.25, -0.2) is 0 Å². The maximum absolute atomic E-state index is 13.4. The molecule has 316 valence electrons. The molecule has 0 fully saturated rings. The summed E-state index contributed by atoms with van der Waals surface area (Å²) in [6.45, 7) is 9.82. The molecule has 10 rings (SSSR count). The van der Waals surface area contributed by atoms with Crippen LogP contribution in [-0.2, 0) is 12.8 Å². The van der Waals surface area contributed by atoms with Crippen molar-refractivity contribution in [3.05, 3.63) is 219 Å². The van der Waals surface area contributed by atoms with Crippen LogP contribution in [0.2, 0.25) is 19.6 Å². The van der Waals surface area contributed by atoms with Crippen LogP contribution < -0.4 is 0 Å². The number of carbonyl (C=O) groups excluding carboxylic acids is 2. The van der Waals surface area contributed by atoms with E-state index in [0.717, 1.165) is 76.6 Å². The van der Waals surface area contributed by atoms with Crippen molar-refractivity contribution in [2.24, 2.45) is 15.5 Å². The normalized spacial score (nSPS) is 17.9. The molecule has 0 heterocycles. The molecule has 4 aliphatic rings. The molecule has 0 bridgehead atoms. The van der Waals surface area contributed by atoms with Gasteiger partial charge in [-0.3, -0.25) is 14.2 Å². The van der Waals surface area contributed by atoms with Crippen LogP contribution in [0.5, 0.6) is 0 Å². The van der Waals surface area contributed by atoms with Crippen molar-refractivity contribution >= 4 is 48.3 Å². The van der Waals surface area contributed by atoms with E-state index in [4.69, 9.17) is 10.5 Å². The van der Waals surface area contributed by atoms with Gasteiger partial charge in [0, 0.05) is 26.0 Å². The van der Waals surface area contributed by atoms with Crippen LogP contribution in [0.3, 0.4) is 0 Å². The van der Waals surface area contributed by atoms with E-state index >= 15 is 0 Å². The minimum atomic E-state index is -1.21. The summed E-state index contributed by atoms with van der Waals surface area (Å²) in [4.78, 5) is 26.2. The third-order valence-electron chi connectivity index (χ3n) is 12.1. The number of nitriles is 2. The summed E-state index contributed by atoms with van der Waals surface area (Å²) in [6, 6.07) is 52.3. The molecule has 0 saturated heterocycles. The van der Waals surface area contributed by atoms with Gasteiger partial charge < -0.3 is 0 Å². The van der Waals surface area contributed by atoms with Crippen LogP contribution in [-0.4, -0.2) is 25.7 Å². The van der Waals surface area contributed by atoms with Crippen molar-refractivity contribution in [1.29, 1.82) is 10.5 Å². The minimum absolute atomic E-state index is 0.213. The summed E-state index contributed by atoms with van der Waals surface area (Å²) in [5, 5.41) is 18.2. The zero-order chi connectivity index (χ0) is 45.3. The fourth-order valence-electron chi connectivity index (χ4n) is 8.94. The van der Waals surface area contributed by atoms with Crippen LogP contribution in [0.15, 0.2) is 181 Å². The van der Waals surface area contributed by atoms with E-state index in [2.05, 4.69) is 156 Å². The van der Waals surface area contributed by atoms with Crippen molar-refractivity contribution in [1.82, 2.24) is 0 Å². The van der Waals surface area contributed by atoms with Crippen LogP contribution >= 0.6 is 22.6 Å². The lowest BCUT2D eigenvalue weighted by Gasteiger charge is -2.21. The van der Waals surface area contributed by atoms with Crippen LogP contribution in [0.4, 0.5) is 0 Å². The summed E-state index contributed by atoms with van der Waals surface area (Å²) in [5.41, 5.74) is 9.86. The first-order valence-electron chi connectivity index (χ1n) is 21.6. The second-order valence-electron chi connectivity index (χ2n) is 17.8. The number of hydrogen-bond acceptors (Lipinski definition) is 5. The molecule has 0 aliphatic heterocycles. The van der Waals surface area contributed by atoms with Crippen molar-refractivity contribution in [2.45, 2.75) is 57.7 Å². The van der Waals surface area contributed by atoms with E-state index in [-0.39, 0.29) is 17.0 Å². The SMILES string of the molecule is C=C=N[Si](C)(C)C.Ic1ccccc1.N#Cc1cccc(-c2ccc3c(c2)C(=O)C2(C=CC(c4ccccc4)C2)C3)c1.N#Cc1cccc(-c2ccc3c(c2)C(=O)C2(CC=CC2)C3)c1. The van der Waals surface area contributed by atoms with Gasteiger partial charge in [0.25, 0.3) is 0 Å². The predicted molar refractivity (Wildman–Crippen MR) is 271 cm³/mol. The van der Waals surface area contributed by atoms with E-state index in [9.17, 15) is 9.59 Å². The Morgan fingerprint density at radius 1 is 0.641 bits per heavy atom. The van der Waals surface area contributed by atoms with Gasteiger partial charge in [-0.2, -0.15) is 10.5 Å². The number of Topliss-reactive ketones (excluding diaryl/α,β-unsaturated/α-hetero) is 2. The Hall–Kier alpha value is -6.48. The highest BCUT2D eigenvalue weighted by Crippen LogP contribution is 2.50. The quantitative estimate of drug-likeness (QED) is 0.0761. The van der Waals surface area contributed by atoms with Gasteiger partial charge in [0.05, 0.1) is 28.7 Å². The molecule has 64 heavy (non-hydrogen) atoms. The highest BCUT2D eigenvalue weighted by molar-refractivity contribution is 14.1. The lowest BCUT2D eigenvalue weighted by molar-refractivity contribution is 0.0833. The Kier molecular flexibility index (Phi) is 14.2. The van der Waals surface area contributed by atoms with Gasteiger partial charge in [0.2, 0.25) is 0 Å². The number of fused-ring (bicyclic) bond motifs is 2. The topological polar surface area (TPSA) is 94.1 Å². The number of nitrogens with zero attached hydrogens (tertiary/aromatic N) is 3. The zero-order valence-electron chi connectivity index (χ0n) is 36.5. The third kappa shape index (κ3) is 10.5. The van der Waals surface area contributed by atoms with E-state index in [1.54, 1.807) is 12.1 Å². The number of allylic oxidation sites excluding steroid dienone is 4. The maximum Gasteiger partial charge on any atom is 0.184 e. The molecule has 2 spiro atoms. The maximum atomic E-state index is 13.4. The molecule has 2 unspecified atom stereocenters. The molecule has 0 amide bonds. The van der Waals surface area contributed by atoms with Crippen molar-refractivity contribution < 1.29 is 9.59 Å². The van der Waals surface area contributed by atoms with Gasteiger partial charge in [-0.1, -0.05) is 121 Å². The summed E-state index contributed by atoms with van der Waals surface area (Å²) >= 11 is 2.28. The zero-order valence-corrected chi connectivity index (χ0v) is 39.7. The average Bonchev–Trinajstić information content (AvgIpc) is 4.10. The first-order valence-corrected chi connectivity index (χ1v) is 26.1. The standard InChI is InChI=1S/C26H19NO.C20H15NO.C6H5I.C5H11NSi/c27-17-18-5-4-8-20(13-18)21-9-10-23-16-26(25(28)24(23)14-21)12-11-22(15-26)19-6-2-1-3-7-19;21-13-14-4-3-5-15(10-14)16-6-7-17-12-20(8-1-2-9-20)19(22)18(17)11-16;7-6-4-2-1-3-5-6;1-5-6-7(2,3)4/h1-14,22H,15-16H2;1-7,10-11H,8-9,12H2;1-5H;1H2,2-4H3. The second-order valence-corrected chi connectivity index (χ2v) is 23.6. The predicted octanol–water partition coefficient (Wildman–Crippen LogP) is 14.0. The minimum Gasteiger partial charge on any atom is -0.294 e. The van der Waals surface area contributed by atoms with Crippen LogP contribution in [0.1, 0.15) is 73.7 Å². The first kappa shape index (κ1) is 45.5. The largest absolute Gasteiger partial charge is 0.294 e. The molecule has 0 saturated carbocycles. The Morgan fingerprint density at radius 3 is 1.64 bits per heavy atom. The summed E-state index contributed by atoms with van der Waals surface area (Å²) in [5.74, 6) is 3.36. The Bertz CT molecular complexity index is 2890. The monoisotopic (exact) mass is 963 g/mol. The van der Waals surface area contributed by atoms with Crippen LogP contribution in [0.25, 0.3) is 22.3 Å². The van der Waals surface area contributed by atoms with E-state index < -0.39 is 13.7 Å². The highest BCUT2D eigenvalue weighted by atomic mass is 127. The fraction of sp³-hybridized carbons (Fsp3) is 0.193. The fourth-order valence-corrected chi connectivity index (χ4v) is 9.83. The van der Waals surface area contributed by atoms with E-state index in [0.29, 0.717) is 17.0 Å². The number of hydrogen-bond donors (Lipinski definition) is 0. The lowest BCUT2D eigenvalue weighted by atomic mass is 9.80. The van der Waals surface area contributed by atoms with Gasteiger partial charge >= 0.3 is 0 Å². The van der Waals surface area contributed by atoms with E-state index in [1.165, 1.54) is 9.13 Å². The molecule has 0 N–H and O–H groups in total. The molecule has 5 nitrogen and oxygen atoms in total. The Balaban J connectivity index is 0.000000150. The third-order valence-corrected chi connectivity index (χ3v) is 13.7. The molecular weight excluding hydrogens is 914 g/mol. The van der Waals surface area contributed by atoms with Gasteiger partial charge in [0.1, 0.15) is 0 Å². The van der Waals surface area contributed by atoms with Crippen molar-refractivity contribution in [2.75, 3.05) is 0 Å². The lowest BCUT2D eigenvalue weighted by Crippen LogP contribution is -2.24. The molecule has 7 heteroatoms. The molecule has 6 aromatic carbocycles. The number of benzene rings is 6. The molecule has 6 aromatic rings. The number of carbonyl (C=O) groups is 2. The smallest absolute Gasteiger partial charge is 0.184 e. The van der Waals surface area contributed by atoms with Gasteiger partial charge in [-0.15, -0.1) is 0 Å². The van der Waals surface area contributed by atoms with Crippen molar-refractivity contribution in [3.8, 4) is 34.4 Å². The molecular formula is C57H50IN3O2Si. The molecule has 4 aliphatic carbocycles. The average molecular weight is 964 g/mol. The number of rotatable bonds is 4. The van der Waals surface area contributed by atoms with Gasteiger partial charge in [0.15, 0.2) is 19.8 Å². The second kappa shape index (κ2) is 19.9. The molecule has 2 atom stereocenters. The van der Waals surface area contributed by atoms with Gasteiger partial charge in [-0.05, 0) is 174 Å². The first-order chi connectivity index (χ1) is 30.9. The number of halogens is 1. The van der Waals surface area contributed by atoms with E-state index in [1.807, 2.05) is 72.8 Å². The summed E-state index contributed by atoms with van der Waals surface area (Å²) in [7, 11) is -1.21. The summed E-state index contributed by atoms with van der Waals surface area (Å²) < 4.78 is 5.33. The van der Waals surface area contributed by atoms with Crippen molar-refractivity contribution in [3.63, 3.8) is 0 Å². The number of ketones is 2.